The Hall–Kier alpha value is -0.630. The van der Waals surface area contributed by atoms with Crippen LogP contribution in [-0.2, 0) is 0 Å². The first-order valence-corrected chi connectivity index (χ1v) is 3.72. The first-order valence-electron chi connectivity index (χ1n) is 3.27. The highest BCUT2D eigenvalue weighted by Crippen LogP contribution is 2.14. The van der Waals surface area contributed by atoms with Crippen LogP contribution in [0.1, 0.15) is 6.42 Å². The van der Waals surface area contributed by atoms with Crippen LogP contribution in [-0.4, -0.2) is 7.05 Å². The summed E-state index contributed by atoms with van der Waals surface area (Å²) >= 11 is 4.30. The second-order valence-electron chi connectivity index (χ2n) is 2.11. The maximum Gasteiger partial charge on any atom is 0.0278 e. The van der Waals surface area contributed by atoms with Crippen molar-refractivity contribution in [1.82, 2.24) is 5.32 Å². The summed E-state index contributed by atoms with van der Waals surface area (Å²) in [6.45, 7) is 0. The Morgan fingerprint density at radius 3 is 3.00 bits per heavy atom. The molecule has 0 saturated heterocycles. The molecule has 10 heavy (non-hydrogen) atoms. The van der Waals surface area contributed by atoms with Crippen LogP contribution in [0.3, 0.4) is 0 Å². The van der Waals surface area contributed by atoms with Crippen molar-refractivity contribution >= 4 is 12.6 Å². The van der Waals surface area contributed by atoms with Crippen LogP contribution in [0.25, 0.3) is 0 Å². The van der Waals surface area contributed by atoms with Crippen molar-refractivity contribution in [3.8, 4) is 0 Å². The van der Waals surface area contributed by atoms with E-state index in [1.807, 2.05) is 25.3 Å². The number of hydrogen-bond acceptors (Lipinski definition) is 2. The molecular weight excluding hydrogens is 142 g/mol. The van der Waals surface area contributed by atoms with E-state index in [2.05, 4.69) is 24.0 Å². The average molecular weight is 153 g/mol. The molecule has 0 aromatic rings. The smallest absolute Gasteiger partial charge is 0.0278 e. The second kappa shape index (κ2) is 3.52. The van der Waals surface area contributed by atoms with Gasteiger partial charge < -0.3 is 5.32 Å². The minimum absolute atomic E-state index is 0.947. The summed E-state index contributed by atoms with van der Waals surface area (Å²) in [6.07, 6.45) is 9.06. The molecule has 1 N–H and O–H groups in total. The molecular formula is C8H11NS. The first kappa shape index (κ1) is 7.48. The van der Waals surface area contributed by atoms with Crippen LogP contribution in [0.2, 0.25) is 0 Å². The van der Waals surface area contributed by atoms with E-state index < -0.39 is 0 Å². The minimum Gasteiger partial charge on any atom is -0.390 e. The molecule has 0 aromatic heterocycles. The van der Waals surface area contributed by atoms with Crippen LogP contribution >= 0.6 is 12.6 Å². The maximum atomic E-state index is 4.30. The highest BCUT2D eigenvalue weighted by molar-refractivity contribution is 7.84. The molecule has 0 unspecified atom stereocenters. The maximum absolute atomic E-state index is 4.30. The fourth-order valence-electron chi connectivity index (χ4n) is 0.846. The van der Waals surface area contributed by atoms with E-state index in [1.165, 1.54) is 5.70 Å². The Labute approximate surface area is 66.9 Å². The van der Waals surface area contributed by atoms with Crippen LogP contribution in [0.4, 0.5) is 0 Å². The third-order valence-electron chi connectivity index (χ3n) is 1.43. The molecule has 0 atom stereocenters. The van der Waals surface area contributed by atoms with Gasteiger partial charge in [0.15, 0.2) is 0 Å². The zero-order chi connectivity index (χ0) is 7.40. The number of nitrogens with one attached hydrogen (secondary N) is 1. The van der Waals surface area contributed by atoms with Gasteiger partial charge in [0, 0.05) is 24.1 Å². The van der Waals surface area contributed by atoms with Crippen molar-refractivity contribution in [3.63, 3.8) is 0 Å². The highest BCUT2D eigenvalue weighted by atomic mass is 32.1. The van der Waals surface area contributed by atoms with Gasteiger partial charge in [0.25, 0.3) is 0 Å². The van der Waals surface area contributed by atoms with Gasteiger partial charge in [-0.25, -0.2) is 0 Å². The van der Waals surface area contributed by atoms with Crippen LogP contribution in [0, 0.1) is 0 Å². The van der Waals surface area contributed by atoms with Gasteiger partial charge >= 0.3 is 0 Å². The van der Waals surface area contributed by atoms with Crippen molar-refractivity contribution in [2.24, 2.45) is 0 Å². The van der Waals surface area contributed by atoms with Gasteiger partial charge in [-0.1, -0.05) is 18.2 Å². The monoisotopic (exact) mass is 153 g/mol. The van der Waals surface area contributed by atoms with Gasteiger partial charge in [0.1, 0.15) is 0 Å². The second-order valence-corrected chi connectivity index (χ2v) is 2.59. The number of hydrogen-bond donors (Lipinski definition) is 2. The summed E-state index contributed by atoms with van der Waals surface area (Å²) < 4.78 is 0. The predicted octanol–water partition coefficient (Wildman–Crippen LogP) is 1.86. The molecule has 0 aliphatic heterocycles. The molecule has 0 amide bonds. The van der Waals surface area contributed by atoms with Crippen molar-refractivity contribution in [2.45, 2.75) is 6.42 Å². The molecule has 2 heteroatoms. The molecule has 0 saturated carbocycles. The average Bonchev–Trinajstić information content (AvgIpc) is 2.13. The van der Waals surface area contributed by atoms with Gasteiger partial charge in [-0.15, -0.1) is 12.6 Å². The lowest BCUT2D eigenvalue weighted by Gasteiger charge is -2.03. The molecule has 0 spiro atoms. The third-order valence-corrected chi connectivity index (χ3v) is 1.85. The van der Waals surface area contributed by atoms with E-state index in [0.29, 0.717) is 0 Å². The van der Waals surface area contributed by atoms with Crippen molar-refractivity contribution < 1.29 is 0 Å². The molecule has 1 rings (SSSR count). The van der Waals surface area contributed by atoms with E-state index in [-0.39, 0.29) is 0 Å². The molecule has 0 bridgehead atoms. The minimum atomic E-state index is 0.947. The Balaban J connectivity index is 2.82. The topological polar surface area (TPSA) is 12.0 Å². The SMILES string of the molecule is CNC1=C(S)C=CC=CC1. The number of thiol groups is 1. The summed E-state index contributed by atoms with van der Waals surface area (Å²) in [7, 11) is 1.92. The molecule has 1 aliphatic carbocycles. The summed E-state index contributed by atoms with van der Waals surface area (Å²) in [5.74, 6) is 0. The normalized spacial score (nSPS) is 17.4. The molecule has 54 valence electrons. The molecule has 0 radical (unpaired) electrons. The van der Waals surface area contributed by atoms with E-state index in [1.54, 1.807) is 0 Å². The Bertz CT molecular complexity index is 201. The van der Waals surface area contributed by atoms with Gasteiger partial charge in [0.05, 0.1) is 0 Å². The highest BCUT2D eigenvalue weighted by Gasteiger charge is 1.96. The summed E-state index contributed by atoms with van der Waals surface area (Å²) in [5, 5.41) is 3.09. The van der Waals surface area contributed by atoms with Gasteiger partial charge in [-0.3, -0.25) is 0 Å². The number of allylic oxidation sites excluding steroid dienone is 4. The van der Waals surface area contributed by atoms with E-state index >= 15 is 0 Å². The predicted molar refractivity (Wildman–Crippen MR) is 48.0 cm³/mol. The van der Waals surface area contributed by atoms with Crippen LogP contribution < -0.4 is 5.32 Å². The first-order chi connectivity index (χ1) is 4.84. The summed E-state index contributed by atoms with van der Waals surface area (Å²) in [5.41, 5.74) is 1.17. The van der Waals surface area contributed by atoms with Gasteiger partial charge in [0.2, 0.25) is 0 Å². The largest absolute Gasteiger partial charge is 0.390 e. The third kappa shape index (κ3) is 1.67. The lowest BCUT2D eigenvalue weighted by Crippen LogP contribution is -2.05. The Morgan fingerprint density at radius 1 is 1.50 bits per heavy atom. The standard InChI is InChI=1S/C8H11NS/c1-9-7-5-3-2-4-6-8(7)10/h2-4,6,9-10H,5H2,1H3. The quantitative estimate of drug-likeness (QED) is 0.548. The fourth-order valence-corrected chi connectivity index (χ4v) is 1.14. The van der Waals surface area contributed by atoms with Crippen molar-refractivity contribution in [3.05, 3.63) is 34.9 Å². The molecule has 0 heterocycles. The van der Waals surface area contributed by atoms with Crippen LogP contribution in [0.15, 0.2) is 34.9 Å². The Morgan fingerprint density at radius 2 is 2.30 bits per heavy atom. The van der Waals surface area contributed by atoms with E-state index in [4.69, 9.17) is 0 Å². The van der Waals surface area contributed by atoms with E-state index in [9.17, 15) is 0 Å². The fraction of sp³-hybridized carbons (Fsp3) is 0.250. The molecule has 1 aliphatic rings. The Kier molecular flexibility index (Phi) is 2.63. The number of rotatable bonds is 1. The van der Waals surface area contributed by atoms with Crippen molar-refractivity contribution in [1.29, 1.82) is 0 Å². The van der Waals surface area contributed by atoms with Gasteiger partial charge in [-0.2, -0.15) is 0 Å². The lowest BCUT2D eigenvalue weighted by atomic mass is 10.3. The van der Waals surface area contributed by atoms with Crippen LogP contribution in [0.5, 0.6) is 0 Å². The zero-order valence-electron chi connectivity index (χ0n) is 5.96. The summed E-state index contributed by atoms with van der Waals surface area (Å²) in [4.78, 5) is 1.02. The molecule has 0 aromatic carbocycles. The summed E-state index contributed by atoms with van der Waals surface area (Å²) in [6, 6.07) is 0. The molecule has 0 fully saturated rings. The lowest BCUT2D eigenvalue weighted by molar-refractivity contribution is 0.938. The zero-order valence-corrected chi connectivity index (χ0v) is 6.86. The molecule has 1 nitrogen and oxygen atoms in total. The van der Waals surface area contributed by atoms with Crippen molar-refractivity contribution in [2.75, 3.05) is 7.05 Å². The van der Waals surface area contributed by atoms with Gasteiger partial charge in [-0.05, 0) is 6.08 Å². The van der Waals surface area contributed by atoms with E-state index in [0.717, 1.165) is 11.3 Å².